The maximum atomic E-state index is 11.7. The number of thiophene rings is 1. The van der Waals surface area contributed by atoms with Crippen molar-refractivity contribution in [2.24, 2.45) is 11.5 Å². The number of hydrogen-bond donors (Lipinski definition) is 3. The van der Waals surface area contributed by atoms with Gasteiger partial charge in [0.05, 0.1) is 17.4 Å². The third-order valence-electron chi connectivity index (χ3n) is 2.30. The number of nitrogens with two attached hydrogens (primary N) is 2. The van der Waals surface area contributed by atoms with Gasteiger partial charge in [0.1, 0.15) is 14.8 Å². The Balaban J connectivity index is 2.64. The molecule has 0 aliphatic carbocycles. The molecule has 0 spiro atoms. The molecular formula is C10H15N3O4S2. The molecule has 2 amide bonds. The molecule has 1 aromatic rings. The first-order valence-electron chi connectivity index (χ1n) is 5.32. The maximum absolute atomic E-state index is 11.7. The van der Waals surface area contributed by atoms with Crippen LogP contribution in [0.15, 0.2) is 11.4 Å². The summed E-state index contributed by atoms with van der Waals surface area (Å²) >= 11 is 1.14. The third kappa shape index (κ3) is 4.97. The van der Waals surface area contributed by atoms with Gasteiger partial charge in [-0.1, -0.05) is 0 Å². The van der Waals surface area contributed by atoms with Crippen LogP contribution in [0.1, 0.15) is 16.8 Å². The Labute approximate surface area is 114 Å². The van der Waals surface area contributed by atoms with Crippen LogP contribution < -0.4 is 16.8 Å². The van der Waals surface area contributed by atoms with Gasteiger partial charge in [0.25, 0.3) is 5.91 Å². The number of hydrogen-bond acceptors (Lipinski definition) is 6. The smallest absolute Gasteiger partial charge is 0.251 e. The highest BCUT2D eigenvalue weighted by Gasteiger charge is 2.19. The molecule has 9 heteroatoms. The molecule has 0 aromatic carbocycles. The molecule has 0 bridgehead atoms. The highest BCUT2D eigenvalue weighted by Crippen LogP contribution is 2.22. The molecule has 5 N–H and O–H groups in total. The van der Waals surface area contributed by atoms with Gasteiger partial charge in [-0.05, 0) is 17.9 Å². The van der Waals surface area contributed by atoms with E-state index in [1.54, 1.807) is 5.38 Å². The fourth-order valence-electron chi connectivity index (χ4n) is 1.28. The molecule has 1 heterocycles. The van der Waals surface area contributed by atoms with E-state index >= 15 is 0 Å². The van der Waals surface area contributed by atoms with Crippen molar-refractivity contribution >= 4 is 38.0 Å². The van der Waals surface area contributed by atoms with Gasteiger partial charge in [-0.25, -0.2) is 8.42 Å². The summed E-state index contributed by atoms with van der Waals surface area (Å²) in [5.41, 5.74) is 10.9. The zero-order valence-corrected chi connectivity index (χ0v) is 11.9. The molecule has 0 fully saturated rings. The number of nitrogens with one attached hydrogen (secondary N) is 1. The molecule has 1 atom stereocenters. The topological polar surface area (TPSA) is 132 Å². The zero-order chi connectivity index (χ0) is 14.6. The van der Waals surface area contributed by atoms with Gasteiger partial charge in [0, 0.05) is 6.26 Å². The Morgan fingerprint density at radius 1 is 1.47 bits per heavy atom. The second-order valence-corrected chi connectivity index (χ2v) is 7.22. The first-order chi connectivity index (χ1) is 8.70. The lowest BCUT2D eigenvalue weighted by atomic mass is 10.2. The summed E-state index contributed by atoms with van der Waals surface area (Å²) < 4.78 is 21.9. The predicted octanol–water partition coefficient (Wildman–Crippen LogP) is -0.452. The van der Waals surface area contributed by atoms with Crippen LogP contribution in [0.2, 0.25) is 0 Å². The Morgan fingerprint density at radius 3 is 2.63 bits per heavy atom. The zero-order valence-electron chi connectivity index (χ0n) is 10.3. The molecule has 0 saturated carbocycles. The number of carbonyl (C=O) groups excluding carboxylic acids is 2. The fourth-order valence-corrected chi connectivity index (χ4v) is 2.75. The van der Waals surface area contributed by atoms with Crippen molar-refractivity contribution in [2.45, 2.75) is 12.5 Å². The molecule has 0 radical (unpaired) electrons. The normalized spacial score (nSPS) is 12.9. The minimum Gasteiger partial charge on any atom is -0.366 e. The molecule has 0 saturated heterocycles. The van der Waals surface area contributed by atoms with E-state index in [9.17, 15) is 18.0 Å². The van der Waals surface area contributed by atoms with Crippen molar-refractivity contribution in [1.29, 1.82) is 0 Å². The van der Waals surface area contributed by atoms with E-state index in [0.717, 1.165) is 17.6 Å². The van der Waals surface area contributed by atoms with Gasteiger partial charge in [-0.2, -0.15) is 0 Å². The molecule has 1 rings (SSSR count). The van der Waals surface area contributed by atoms with Crippen LogP contribution in [0.4, 0.5) is 5.00 Å². The Hall–Kier alpha value is -1.45. The van der Waals surface area contributed by atoms with E-state index < -0.39 is 27.7 Å². The molecule has 1 unspecified atom stereocenters. The van der Waals surface area contributed by atoms with E-state index in [1.807, 2.05) is 0 Å². The van der Waals surface area contributed by atoms with E-state index in [2.05, 4.69) is 5.32 Å². The monoisotopic (exact) mass is 305 g/mol. The predicted molar refractivity (Wildman–Crippen MR) is 73.8 cm³/mol. The lowest BCUT2D eigenvalue weighted by molar-refractivity contribution is -0.117. The molecule has 106 valence electrons. The van der Waals surface area contributed by atoms with Crippen molar-refractivity contribution < 1.29 is 18.0 Å². The maximum Gasteiger partial charge on any atom is 0.251 e. The highest BCUT2D eigenvalue weighted by atomic mass is 32.2. The summed E-state index contributed by atoms with van der Waals surface area (Å²) in [4.78, 5) is 22.8. The second-order valence-electron chi connectivity index (χ2n) is 4.04. The van der Waals surface area contributed by atoms with E-state index in [-0.39, 0.29) is 17.7 Å². The van der Waals surface area contributed by atoms with Crippen LogP contribution in [-0.2, 0) is 14.6 Å². The summed E-state index contributed by atoms with van der Waals surface area (Å²) in [6.07, 6.45) is 1.09. The lowest BCUT2D eigenvalue weighted by Crippen LogP contribution is -2.37. The number of anilines is 1. The third-order valence-corrected chi connectivity index (χ3v) is 4.11. The molecular weight excluding hydrogens is 290 g/mol. The fraction of sp³-hybridized carbons (Fsp3) is 0.400. The van der Waals surface area contributed by atoms with Crippen LogP contribution in [0.5, 0.6) is 0 Å². The van der Waals surface area contributed by atoms with Crippen LogP contribution in [0.3, 0.4) is 0 Å². The second kappa shape index (κ2) is 6.13. The van der Waals surface area contributed by atoms with Crippen molar-refractivity contribution in [3.05, 3.63) is 17.0 Å². The average Bonchev–Trinajstić information content (AvgIpc) is 2.72. The minimum atomic E-state index is -3.17. The molecule has 1 aromatic heterocycles. The van der Waals surface area contributed by atoms with Crippen LogP contribution in [-0.4, -0.2) is 38.3 Å². The summed E-state index contributed by atoms with van der Waals surface area (Å²) in [7, 11) is -3.17. The van der Waals surface area contributed by atoms with E-state index in [0.29, 0.717) is 5.00 Å². The van der Waals surface area contributed by atoms with Crippen molar-refractivity contribution in [3.8, 4) is 0 Å². The number of sulfone groups is 1. The van der Waals surface area contributed by atoms with Crippen LogP contribution >= 0.6 is 11.3 Å². The number of primary amides is 1. The summed E-state index contributed by atoms with van der Waals surface area (Å²) in [6, 6.07) is 0.530. The minimum absolute atomic E-state index is 0.0158. The summed E-state index contributed by atoms with van der Waals surface area (Å²) in [5.74, 6) is -1.37. The highest BCUT2D eigenvalue weighted by molar-refractivity contribution is 7.90. The van der Waals surface area contributed by atoms with Gasteiger partial charge >= 0.3 is 0 Å². The first kappa shape index (κ1) is 15.6. The molecule has 0 aliphatic heterocycles. The first-order valence-corrected chi connectivity index (χ1v) is 8.26. The van der Waals surface area contributed by atoms with Gasteiger partial charge in [0.2, 0.25) is 5.91 Å². The molecule has 7 nitrogen and oxygen atoms in total. The average molecular weight is 305 g/mol. The number of carbonyl (C=O) groups is 2. The number of rotatable bonds is 6. The van der Waals surface area contributed by atoms with E-state index in [1.165, 1.54) is 6.07 Å². The van der Waals surface area contributed by atoms with Gasteiger partial charge < -0.3 is 16.8 Å². The molecule has 19 heavy (non-hydrogen) atoms. The van der Waals surface area contributed by atoms with Crippen molar-refractivity contribution in [3.63, 3.8) is 0 Å². The molecule has 0 aliphatic rings. The van der Waals surface area contributed by atoms with Gasteiger partial charge in [0.15, 0.2) is 0 Å². The number of amides is 2. The summed E-state index contributed by atoms with van der Waals surface area (Å²) in [5, 5.41) is 4.39. The van der Waals surface area contributed by atoms with Crippen molar-refractivity contribution in [2.75, 3.05) is 17.3 Å². The van der Waals surface area contributed by atoms with E-state index in [4.69, 9.17) is 11.5 Å². The largest absolute Gasteiger partial charge is 0.366 e. The van der Waals surface area contributed by atoms with Crippen LogP contribution in [0.25, 0.3) is 0 Å². The van der Waals surface area contributed by atoms with Gasteiger partial charge in [-0.15, -0.1) is 11.3 Å². The Bertz CT molecular complexity index is 579. The Morgan fingerprint density at radius 2 is 2.11 bits per heavy atom. The lowest BCUT2D eigenvalue weighted by Gasteiger charge is -2.11. The van der Waals surface area contributed by atoms with Crippen LogP contribution in [0, 0.1) is 0 Å². The SMILES string of the molecule is CS(=O)(=O)CCC(N)C(=O)Nc1sccc1C(N)=O. The quantitative estimate of drug-likeness (QED) is 0.654. The Kier molecular flexibility index (Phi) is 5.04. The summed E-state index contributed by atoms with van der Waals surface area (Å²) in [6.45, 7) is 0. The standard InChI is InChI=1S/C10H15N3O4S2/c1-19(16,17)5-3-7(11)9(15)13-10-6(8(12)14)2-4-18-10/h2,4,7H,3,5,11H2,1H3,(H2,12,14)(H,13,15). The van der Waals surface area contributed by atoms with Gasteiger partial charge in [-0.3, -0.25) is 9.59 Å². The van der Waals surface area contributed by atoms with Crippen molar-refractivity contribution in [1.82, 2.24) is 0 Å².